The molecule has 1 aromatic heterocycles. The standard InChI is InChI=1S/C19H19F2N3O2S/c1-22-9-17(25)24(14-4-7-27-10-14)12-19(22)5-6-23(11-19)18(26)13-2-3-15(20)16(21)8-13/h2-4,7-8,10H,5-6,9,11-12H2,1H3/t19-/m1/s1. The SMILES string of the molecule is CN1CC(=O)N(c2ccsc2)C[C@]12CCN(C(=O)c1ccc(F)c(F)c1)C2. The maximum atomic E-state index is 13.5. The first-order valence-electron chi connectivity index (χ1n) is 8.68. The lowest BCUT2D eigenvalue weighted by Gasteiger charge is -2.46. The van der Waals surface area contributed by atoms with Gasteiger partial charge in [0.2, 0.25) is 5.91 Å². The van der Waals surface area contributed by atoms with Crippen LogP contribution in [0.3, 0.4) is 0 Å². The Hall–Kier alpha value is -2.32. The zero-order valence-corrected chi connectivity index (χ0v) is 15.6. The van der Waals surface area contributed by atoms with Crippen LogP contribution in [-0.4, -0.2) is 60.4 Å². The van der Waals surface area contributed by atoms with Gasteiger partial charge in [-0.2, -0.15) is 11.3 Å². The molecule has 2 aromatic rings. The lowest BCUT2D eigenvalue weighted by molar-refractivity contribution is -0.123. The lowest BCUT2D eigenvalue weighted by atomic mass is 9.93. The number of likely N-dealkylation sites (N-methyl/N-ethyl adjacent to an activating group) is 1. The summed E-state index contributed by atoms with van der Waals surface area (Å²) in [6.45, 7) is 1.73. The molecule has 2 aliphatic heterocycles. The average Bonchev–Trinajstić information content (AvgIpc) is 3.31. The number of nitrogens with zero attached hydrogens (tertiary/aromatic N) is 3. The first-order chi connectivity index (χ1) is 12.9. The summed E-state index contributed by atoms with van der Waals surface area (Å²) in [7, 11) is 1.90. The Morgan fingerprint density at radius 3 is 2.70 bits per heavy atom. The largest absolute Gasteiger partial charge is 0.337 e. The van der Waals surface area contributed by atoms with Crippen LogP contribution >= 0.6 is 11.3 Å². The Labute approximate surface area is 159 Å². The number of rotatable bonds is 2. The fourth-order valence-corrected chi connectivity index (χ4v) is 4.53. The monoisotopic (exact) mass is 391 g/mol. The molecule has 2 aliphatic rings. The molecule has 1 aromatic carbocycles. The van der Waals surface area contributed by atoms with Crippen molar-refractivity contribution >= 4 is 28.8 Å². The highest BCUT2D eigenvalue weighted by Gasteiger charge is 2.48. The Bertz CT molecular complexity index is 889. The predicted octanol–water partition coefficient (Wildman–Crippen LogP) is 2.59. The van der Waals surface area contributed by atoms with Crippen LogP contribution in [0.5, 0.6) is 0 Å². The molecule has 0 unspecified atom stereocenters. The van der Waals surface area contributed by atoms with Crippen LogP contribution in [-0.2, 0) is 4.79 Å². The van der Waals surface area contributed by atoms with Gasteiger partial charge in [0.05, 0.1) is 17.8 Å². The van der Waals surface area contributed by atoms with E-state index in [0.29, 0.717) is 26.1 Å². The van der Waals surface area contributed by atoms with Crippen LogP contribution in [0.2, 0.25) is 0 Å². The number of halogens is 2. The van der Waals surface area contributed by atoms with E-state index >= 15 is 0 Å². The van der Waals surface area contributed by atoms with Crippen LogP contribution in [0.25, 0.3) is 0 Å². The second-order valence-corrected chi connectivity index (χ2v) is 7.93. The Morgan fingerprint density at radius 2 is 2.00 bits per heavy atom. The fraction of sp³-hybridized carbons (Fsp3) is 0.368. The van der Waals surface area contributed by atoms with E-state index in [1.54, 1.807) is 9.80 Å². The van der Waals surface area contributed by atoms with Crippen LogP contribution in [0, 0.1) is 11.6 Å². The van der Waals surface area contributed by atoms with Gasteiger partial charge in [0.25, 0.3) is 5.91 Å². The number of benzene rings is 1. The minimum absolute atomic E-state index is 0.0342. The van der Waals surface area contributed by atoms with E-state index in [1.807, 2.05) is 28.8 Å². The average molecular weight is 391 g/mol. The molecule has 1 atom stereocenters. The number of piperazine rings is 1. The summed E-state index contributed by atoms with van der Waals surface area (Å²) in [5.74, 6) is -2.29. The Kier molecular flexibility index (Phi) is 4.47. The maximum absolute atomic E-state index is 13.5. The highest BCUT2D eigenvalue weighted by molar-refractivity contribution is 7.08. The van der Waals surface area contributed by atoms with Crippen molar-refractivity contribution in [3.8, 4) is 0 Å². The molecule has 5 nitrogen and oxygen atoms in total. The molecule has 3 heterocycles. The second-order valence-electron chi connectivity index (χ2n) is 7.15. The van der Waals surface area contributed by atoms with Crippen LogP contribution in [0.1, 0.15) is 16.8 Å². The molecule has 2 amide bonds. The number of thiophene rings is 1. The molecule has 0 aliphatic carbocycles. The van der Waals surface area contributed by atoms with E-state index in [0.717, 1.165) is 17.8 Å². The fourth-order valence-electron chi connectivity index (χ4n) is 3.89. The molecule has 2 saturated heterocycles. The van der Waals surface area contributed by atoms with E-state index in [2.05, 4.69) is 0 Å². The van der Waals surface area contributed by atoms with Gasteiger partial charge in [-0.15, -0.1) is 0 Å². The van der Waals surface area contributed by atoms with Gasteiger partial charge in [-0.05, 0) is 43.1 Å². The minimum atomic E-state index is -1.03. The van der Waals surface area contributed by atoms with Crippen LogP contribution in [0.4, 0.5) is 14.5 Å². The predicted molar refractivity (Wildman–Crippen MR) is 98.9 cm³/mol. The third-order valence-electron chi connectivity index (χ3n) is 5.54. The molecule has 4 rings (SSSR count). The summed E-state index contributed by atoms with van der Waals surface area (Å²) in [5.41, 5.74) is 0.669. The van der Waals surface area contributed by atoms with Crippen molar-refractivity contribution in [2.24, 2.45) is 0 Å². The number of carbonyl (C=O) groups excluding carboxylic acids is 2. The van der Waals surface area contributed by atoms with Crippen LogP contribution < -0.4 is 4.90 Å². The lowest BCUT2D eigenvalue weighted by Crippen LogP contribution is -2.64. The molecule has 0 bridgehead atoms. The Morgan fingerprint density at radius 1 is 1.19 bits per heavy atom. The van der Waals surface area contributed by atoms with Crippen molar-refractivity contribution in [3.05, 3.63) is 52.2 Å². The van der Waals surface area contributed by atoms with E-state index in [1.165, 1.54) is 17.4 Å². The van der Waals surface area contributed by atoms with Crippen LogP contribution in [0.15, 0.2) is 35.0 Å². The van der Waals surface area contributed by atoms with Crippen molar-refractivity contribution in [1.82, 2.24) is 9.80 Å². The summed E-state index contributed by atoms with van der Waals surface area (Å²) in [6, 6.07) is 5.13. The molecule has 1 spiro atoms. The van der Waals surface area contributed by atoms with Crippen molar-refractivity contribution in [3.63, 3.8) is 0 Å². The highest BCUT2D eigenvalue weighted by Crippen LogP contribution is 2.34. The molecule has 0 radical (unpaired) electrons. The first-order valence-corrected chi connectivity index (χ1v) is 9.62. The number of amides is 2. The molecule has 8 heteroatoms. The van der Waals surface area contributed by atoms with Gasteiger partial charge in [0, 0.05) is 30.6 Å². The molecule has 27 heavy (non-hydrogen) atoms. The molecular formula is C19H19F2N3O2S. The first kappa shape index (κ1) is 18.1. The smallest absolute Gasteiger partial charge is 0.254 e. The maximum Gasteiger partial charge on any atom is 0.254 e. The van der Waals surface area contributed by atoms with Gasteiger partial charge in [0.15, 0.2) is 11.6 Å². The summed E-state index contributed by atoms with van der Waals surface area (Å²) in [5, 5.41) is 3.87. The van der Waals surface area contributed by atoms with Crippen molar-refractivity contribution < 1.29 is 18.4 Å². The topological polar surface area (TPSA) is 43.9 Å². The molecule has 0 saturated carbocycles. The molecular weight excluding hydrogens is 372 g/mol. The molecule has 0 N–H and O–H groups in total. The van der Waals surface area contributed by atoms with E-state index < -0.39 is 11.6 Å². The number of anilines is 1. The van der Waals surface area contributed by atoms with E-state index in [9.17, 15) is 18.4 Å². The zero-order valence-electron chi connectivity index (χ0n) is 14.8. The highest BCUT2D eigenvalue weighted by atomic mass is 32.1. The van der Waals surface area contributed by atoms with Crippen molar-refractivity contribution in [1.29, 1.82) is 0 Å². The minimum Gasteiger partial charge on any atom is -0.337 e. The summed E-state index contributed by atoms with van der Waals surface area (Å²) in [4.78, 5) is 30.7. The molecule has 2 fully saturated rings. The summed E-state index contributed by atoms with van der Waals surface area (Å²) in [6.07, 6.45) is 0.715. The van der Waals surface area contributed by atoms with Crippen molar-refractivity contribution in [2.75, 3.05) is 38.1 Å². The molecule has 142 valence electrons. The van der Waals surface area contributed by atoms with Gasteiger partial charge < -0.3 is 9.80 Å². The normalized spacial score (nSPS) is 23.4. The van der Waals surface area contributed by atoms with Gasteiger partial charge in [0.1, 0.15) is 0 Å². The van der Waals surface area contributed by atoms with Gasteiger partial charge in [-0.1, -0.05) is 0 Å². The van der Waals surface area contributed by atoms with Gasteiger partial charge in [-0.3, -0.25) is 14.5 Å². The van der Waals surface area contributed by atoms with Gasteiger partial charge >= 0.3 is 0 Å². The number of hydrogen-bond donors (Lipinski definition) is 0. The number of likely N-dealkylation sites (tertiary alicyclic amines) is 1. The zero-order chi connectivity index (χ0) is 19.2. The van der Waals surface area contributed by atoms with Gasteiger partial charge in [-0.25, -0.2) is 8.78 Å². The third kappa shape index (κ3) is 3.12. The Balaban J connectivity index is 1.55. The summed E-state index contributed by atoms with van der Waals surface area (Å²) >= 11 is 1.53. The van der Waals surface area contributed by atoms with Crippen molar-refractivity contribution in [2.45, 2.75) is 12.0 Å². The third-order valence-corrected chi connectivity index (χ3v) is 6.21. The van der Waals surface area contributed by atoms with E-state index in [-0.39, 0.29) is 29.5 Å². The quantitative estimate of drug-likeness (QED) is 0.791. The number of carbonyl (C=O) groups is 2. The summed E-state index contributed by atoms with van der Waals surface area (Å²) < 4.78 is 26.6. The number of hydrogen-bond acceptors (Lipinski definition) is 4. The van der Waals surface area contributed by atoms with E-state index in [4.69, 9.17) is 0 Å². The second kappa shape index (κ2) is 6.69.